The van der Waals surface area contributed by atoms with Crippen molar-refractivity contribution in [2.24, 2.45) is 5.73 Å². The Bertz CT molecular complexity index is 1230. The van der Waals surface area contributed by atoms with E-state index in [4.69, 9.17) is 15.2 Å². The molecule has 10 heteroatoms. The smallest absolute Gasteiger partial charge is 0.356 e. The van der Waals surface area contributed by atoms with E-state index in [9.17, 15) is 9.59 Å². The number of esters is 1. The monoisotopic (exact) mass is 511 g/mol. The van der Waals surface area contributed by atoms with Gasteiger partial charge in [-0.05, 0) is 29.8 Å². The lowest BCUT2D eigenvalue weighted by Gasteiger charge is -2.48. The van der Waals surface area contributed by atoms with Gasteiger partial charge in [-0.15, -0.1) is 23.1 Å². The van der Waals surface area contributed by atoms with Crippen LogP contribution in [0.2, 0.25) is 0 Å². The van der Waals surface area contributed by atoms with Crippen molar-refractivity contribution in [2.45, 2.75) is 22.9 Å². The number of nitrogens with two attached hydrogens (primary N) is 1. The summed E-state index contributed by atoms with van der Waals surface area (Å²) < 4.78 is 10.8. The second-order valence-electron chi connectivity index (χ2n) is 7.60. The number of thiazole rings is 1. The van der Waals surface area contributed by atoms with Crippen molar-refractivity contribution in [3.63, 3.8) is 0 Å². The number of amides is 1. The highest BCUT2D eigenvalue weighted by atomic mass is 32.2. The predicted molar refractivity (Wildman–Crippen MR) is 134 cm³/mol. The van der Waals surface area contributed by atoms with Gasteiger partial charge in [0.05, 0.1) is 7.11 Å². The van der Waals surface area contributed by atoms with Crippen LogP contribution in [0.5, 0.6) is 5.75 Å². The summed E-state index contributed by atoms with van der Waals surface area (Å²) in [5.41, 5.74) is 8.14. The van der Waals surface area contributed by atoms with Gasteiger partial charge >= 0.3 is 5.97 Å². The molecule has 2 N–H and O–H groups in total. The lowest BCUT2D eigenvalue weighted by molar-refractivity contribution is -0.151. The highest BCUT2D eigenvalue weighted by Crippen LogP contribution is 2.45. The van der Waals surface area contributed by atoms with E-state index in [1.165, 1.54) is 16.7 Å². The molecule has 1 fully saturated rings. The molecule has 3 aromatic rings. The lowest BCUT2D eigenvalue weighted by Crippen LogP contribution is -2.68. The number of carbonyl (C=O) groups is 2. The minimum Gasteiger partial charge on any atom is -0.497 e. The maximum atomic E-state index is 13.2. The average molecular weight is 512 g/mol. The van der Waals surface area contributed by atoms with Crippen LogP contribution in [0.25, 0.3) is 10.6 Å². The number of aromatic nitrogens is 1. The third-order valence-electron chi connectivity index (χ3n) is 5.47. The van der Waals surface area contributed by atoms with Gasteiger partial charge in [-0.25, -0.2) is 9.78 Å². The van der Waals surface area contributed by atoms with E-state index in [2.05, 4.69) is 4.98 Å². The molecule has 2 atom stereocenters. The summed E-state index contributed by atoms with van der Waals surface area (Å²) in [6, 6.07) is 14.7. The molecule has 2 aliphatic rings. The van der Waals surface area contributed by atoms with Crippen LogP contribution >= 0.6 is 34.9 Å². The molecule has 34 heavy (non-hydrogen) atoms. The second kappa shape index (κ2) is 9.83. The zero-order valence-corrected chi connectivity index (χ0v) is 20.6. The van der Waals surface area contributed by atoms with Gasteiger partial charge in [-0.1, -0.05) is 36.0 Å². The third kappa shape index (κ3) is 4.46. The van der Waals surface area contributed by atoms with Gasteiger partial charge in [0.25, 0.3) is 0 Å². The number of methoxy groups -OCH3 is 1. The molecule has 0 radical (unpaired) electrons. The Morgan fingerprint density at radius 2 is 1.97 bits per heavy atom. The Morgan fingerprint density at radius 1 is 1.21 bits per heavy atom. The summed E-state index contributed by atoms with van der Waals surface area (Å²) in [5, 5.41) is 2.65. The summed E-state index contributed by atoms with van der Waals surface area (Å²) >= 11 is 4.61. The Kier molecular flexibility index (Phi) is 6.64. The summed E-state index contributed by atoms with van der Waals surface area (Å²) in [6.07, 6.45) is 1.78. The van der Waals surface area contributed by atoms with Gasteiger partial charge in [-0.3, -0.25) is 9.69 Å². The van der Waals surface area contributed by atoms with E-state index in [1.807, 2.05) is 53.9 Å². The number of β-lactam (4-membered cyclic amide) rings is 1. The molecule has 0 spiro atoms. The molecule has 3 heterocycles. The van der Waals surface area contributed by atoms with Gasteiger partial charge < -0.3 is 15.2 Å². The fraction of sp³-hybridized carbons (Fsp3) is 0.208. The molecule has 5 rings (SSSR count). The van der Waals surface area contributed by atoms with Crippen molar-refractivity contribution in [3.8, 4) is 16.3 Å². The summed E-state index contributed by atoms with van der Waals surface area (Å²) in [6.45, 7) is 0.0959. The van der Waals surface area contributed by atoms with Gasteiger partial charge in [-0.2, -0.15) is 0 Å². The fourth-order valence-corrected chi connectivity index (χ4v) is 6.73. The second-order valence-corrected chi connectivity index (χ2v) is 10.8. The van der Waals surface area contributed by atoms with Crippen molar-refractivity contribution in [3.05, 3.63) is 76.3 Å². The third-order valence-corrected chi connectivity index (χ3v) is 8.87. The SMILES string of the molecule is COc1ccc(COC(=O)C2=C(Sc3ccc(-c4nccs4)cc3)CS[C@@H]3[C@H](N)C(=O)N23)cc1. The zero-order valence-electron chi connectivity index (χ0n) is 18.2. The van der Waals surface area contributed by atoms with E-state index in [0.29, 0.717) is 5.75 Å². The van der Waals surface area contributed by atoms with E-state index >= 15 is 0 Å². The van der Waals surface area contributed by atoms with Crippen LogP contribution in [-0.4, -0.2) is 46.0 Å². The van der Waals surface area contributed by atoms with Crippen LogP contribution in [0.15, 0.2) is 75.6 Å². The van der Waals surface area contributed by atoms with Crippen LogP contribution in [0.4, 0.5) is 0 Å². The van der Waals surface area contributed by atoms with E-state index in [-0.39, 0.29) is 23.6 Å². The number of rotatable bonds is 7. The number of thioether (sulfide) groups is 2. The Balaban J connectivity index is 1.37. The molecule has 0 unspecified atom stereocenters. The van der Waals surface area contributed by atoms with Gasteiger partial charge in [0.15, 0.2) is 0 Å². The molecule has 2 aromatic carbocycles. The van der Waals surface area contributed by atoms with Crippen molar-refractivity contribution < 1.29 is 19.1 Å². The first-order chi connectivity index (χ1) is 16.5. The Labute approximate surface area is 209 Å². The maximum absolute atomic E-state index is 13.2. The standard InChI is InChI=1S/C24H21N3O4S3/c1-30-16-6-2-14(3-7-16)12-31-24(29)20-18(13-33-23-19(25)22(28)27(20)23)34-17-8-4-15(5-9-17)21-26-10-11-32-21/h2-11,19,23H,12-13,25H2,1H3/t19-,23-/m1/s1. The quantitative estimate of drug-likeness (QED) is 0.374. The number of carbonyl (C=O) groups excluding carboxylic acids is 2. The highest BCUT2D eigenvalue weighted by molar-refractivity contribution is 8.06. The molecule has 0 bridgehead atoms. The van der Waals surface area contributed by atoms with Crippen LogP contribution in [0.3, 0.4) is 0 Å². The fourth-order valence-electron chi connectivity index (χ4n) is 3.67. The molecule has 174 valence electrons. The number of hydrogen-bond acceptors (Lipinski definition) is 9. The van der Waals surface area contributed by atoms with E-state index < -0.39 is 12.0 Å². The first-order valence-corrected chi connectivity index (χ1v) is 13.2. The summed E-state index contributed by atoms with van der Waals surface area (Å²) in [7, 11) is 1.60. The molecule has 0 saturated carbocycles. The first-order valence-electron chi connectivity index (χ1n) is 10.5. The van der Waals surface area contributed by atoms with Gasteiger partial charge in [0.1, 0.15) is 34.5 Å². The molecular formula is C24H21N3O4S3. The van der Waals surface area contributed by atoms with Crippen LogP contribution < -0.4 is 10.5 Å². The number of nitrogens with zero attached hydrogens (tertiary/aromatic N) is 2. The Hall–Kier alpha value is -2.79. The van der Waals surface area contributed by atoms with Gasteiger partial charge in [0.2, 0.25) is 5.91 Å². The van der Waals surface area contributed by atoms with E-state index in [0.717, 1.165) is 31.7 Å². The summed E-state index contributed by atoms with van der Waals surface area (Å²) in [4.78, 5) is 33.3. The van der Waals surface area contributed by atoms with Crippen LogP contribution in [0, 0.1) is 0 Å². The van der Waals surface area contributed by atoms with Gasteiger partial charge in [0, 0.05) is 32.7 Å². The molecule has 0 aliphatic carbocycles. The van der Waals surface area contributed by atoms with Crippen molar-refractivity contribution in [2.75, 3.05) is 12.9 Å². The molecular weight excluding hydrogens is 490 g/mol. The summed E-state index contributed by atoms with van der Waals surface area (Å²) in [5.74, 6) is 0.521. The largest absolute Gasteiger partial charge is 0.497 e. The molecule has 7 nitrogen and oxygen atoms in total. The molecule has 1 saturated heterocycles. The van der Waals surface area contributed by atoms with Crippen molar-refractivity contribution >= 4 is 46.7 Å². The van der Waals surface area contributed by atoms with Crippen LogP contribution in [0.1, 0.15) is 5.56 Å². The van der Waals surface area contributed by atoms with E-state index in [1.54, 1.807) is 36.4 Å². The molecule has 1 amide bonds. The lowest BCUT2D eigenvalue weighted by atomic mass is 10.1. The maximum Gasteiger partial charge on any atom is 0.356 e. The number of benzene rings is 2. The van der Waals surface area contributed by atoms with Crippen molar-refractivity contribution in [1.29, 1.82) is 0 Å². The minimum absolute atomic E-state index is 0.0959. The van der Waals surface area contributed by atoms with Crippen LogP contribution in [-0.2, 0) is 20.9 Å². The molecule has 1 aromatic heterocycles. The number of ether oxygens (including phenoxy) is 2. The number of fused-ring (bicyclic) bond motifs is 1. The minimum atomic E-state index is -0.599. The average Bonchev–Trinajstić information content (AvgIpc) is 3.42. The zero-order chi connectivity index (χ0) is 23.7. The first kappa shape index (κ1) is 23.0. The highest BCUT2D eigenvalue weighted by Gasteiger charge is 2.52. The molecule has 2 aliphatic heterocycles. The topological polar surface area (TPSA) is 94.7 Å². The normalized spacial score (nSPS) is 19.5. The predicted octanol–water partition coefficient (Wildman–Crippen LogP) is 4.11. The number of hydrogen-bond donors (Lipinski definition) is 1. The van der Waals surface area contributed by atoms with Crippen molar-refractivity contribution in [1.82, 2.24) is 9.88 Å². The Morgan fingerprint density at radius 3 is 2.65 bits per heavy atom.